The van der Waals surface area contributed by atoms with E-state index >= 15 is 0 Å². The van der Waals surface area contributed by atoms with Crippen LogP contribution in [0.5, 0.6) is 11.5 Å². The molecule has 0 fully saturated rings. The molecule has 1 atom stereocenters. The van der Waals surface area contributed by atoms with E-state index in [9.17, 15) is 9.46 Å². The number of anilines is 2. The molecule has 0 radical (unpaired) electrons. The molecule has 0 aliphatic heterocycles. The van der Waals surface area contributed by atoms with Gasteiger partial charge in [-0.2, -0.15) is 0 Å². The predicted molar refractivity (Wildman–Crippen MR) is 169 cm³/mol. The highest BCUT2D eigenvalue weighted by Crippen LogP contribution is 2.52. The lowest BCUT2D eigenvalue weighted by atomic mass is 10.1. The van der Waals surface area contributed by atoms with Gasteiger partial charge in [0.15, 0.2) is 0 Å². The van der Waals surface area contributed by atoms with Crippen LogP contribution in [0.4, 0.5) is 11.4 Å². The molecule has 1 unspecified atom stereocenters. The Morgan fingerprint density at radius 2 is 0.975 bits per heavy atom. The van der Waals surface area contributed by atoms with Gasteiger partial charge in [-0.3, -0.25) is 9.24 Å². The molecule has 0 bridgehead atoms. The van der Waals surface area contributed by atoms with Crippen molar-refractivity contribution in [1.82, 2.24) is 0 Å². The Morgan fingerprint density at radius 1 is 0.575 bits per heavy atom. The highest BCUT2D eigenvalue weighted by Gasteiger charge is 2.32. The molecule has 40 heavy (non-hydrogen) atoms. The molecule has 0 aliphatic rings. The van der Waals surface area contributed by atoms with Crippen LogP contribution in [0.25, 0.3) is 0 Å². The van der Waals surface area contributed by atoms with Crippen LogP contribution >= 0.6 is 7.52 Å². The maximum atomic E-state index is 13.9. The van der Waals surface area contributed by atoms with Crippen LogP contribution in [0.1, 0.15) is 90.9 Å². The molecule has 3 aromatic rings. The van der Waals surface area contributed by atoms with Crippen molar-refractivity contribution in [2.75, 3.05) is 17.9 Å². The number of ether oxygens (including phenoxy) is 2. The number of hydrogen-bond acceptors (Lipinski definition) is 3. The van der Waals surface area contributed by atoms with Crippen LogP contribution in [0.3, 0.4) is 0 Å². The fraction of sp³-hybridized carbons (Fsp3) is 0.471. The molecule has 0 spiro atoms. The first kappa shape index (κ1) is 31.8. The average molecular weight is 566 g/mol. The maximum Gasteiger partial charge on any atom is 0.328 e. The Kier molecular flexibility index (Phi) is 14.2. The number of hydrogen-bond donors (Lipinski definition) is 1. The fourth-order valence-electron chi connectivity index (χ4n) is 4.71. The van der Waals surface area contributed by atoms with E-state index in [0.29, 0.717) is 29.9 Å². The molecular weight excluding hydrogens is 517 g/mol. The lowest BCUT2D eigenvalue weighted by Gasteiger charge is -2.30. The number of rotatable bonds is 20. The third-order valence-corrected chi connectivity index (χ3v) is 9.03. The van der Waals surface area contributed by atoms with Crippen LogP contribution in [-0.2, 0) is 4.57 Å². The van der Waals surface area contributed by atoms with E-state index in [4.69, 9.17) is 9.47 Å². The Hall–Kier alpha value is -2.75. The van der Waals surface area contributed by atoms with Crippen LogP contribution in [0, 0.1) is 0 Å². The molecule has 3 aromatic carbocycles. The van der Waals surface area contributed by atoms with Crippen molar-refractivity contribution in [3.05, 3.63) is 78.9 Å². The minimum Gasteiger partial charge on any atom is -0.494 e. The van der Waals surface area contributed by atoms with Gasteiger partial charge in [0.25, 0.3) is 0 Å². The summed E-state index contributed by atoms with van der Waals surface area (Å²) in [6.45, 7) is 5.81. The molecule has 0 aliphatic carbocycles. The Labute approximate surface area is 242 Å². The summed E-state index contributed by atoms with van der Waals surface area (Å²) in [5.41, 5.74) is 1.25. The van der Waals surface area contributed by atoms with Crippen molar-refractivity contribution in [3.8, 4) is 11.5 Å². The first-order valence-corrected chi connectivity index (χ1v) is 16.8. The van der Waals surface area contributed by atoms with Gasteiger partial charge in [-0.15, -0.1) is 0 Å². The van der Waals surface area contributed by atoms with Crippen molar-refractivity contribution < 1.29 is 18.9 Å². The normalized spacial score (nSPS) is 12.6. The molecule has 5 nitrogen and oxygen atoms in total. The van der Waals surface area contributed by atoms with Gasteiger partial charge in [-0.25, -0.2) is 0 Å². The minimum atomic E-state index is -3.96. The summed E-state index contributed by atoms with van der Waals surface area (Å²) in [6, 6.07) is 23.7. The van der Waals surface area contributed by atoms with Crippen molar-refractivity contribution in [3.63, 3.8) is 0 Å². The average Bonchev–Trinajstić information content (AvgIpc) is 2.98. The van der Waals surface area contributed by atoms with Crippen LogP contribution in [0.15, 0.2) is 78.9 Å². The number of nitrogens with zero attached hydrogens (tertiary/aromatic N) is 1. The van der Waals surface area contributed by atoms with Gasteiger partial charge in [0, 0.05) is 0 Å². The van der Waals surface area contributed by atoms with E-state index in [0.717, 1.165) is 24.3 Å². The molecule has 0 saturated heterocycles. The second-order valence-electron chi connectivity index (χ2n) is 10.4. The van der Waals surface area contributed by atoms with Gasteiger partial charge < -0.3 is 14.4 Å². The van der Waals surface area contributed by atoms with Crippen molar-refractivity contribution in [2.24, 2.45) is 0 Å². The summed E-state index contributed by atoms with van der Waals surface area (Å²) in [7, 11) is -3.96. The molecule has 6 heteroatoms. The van der Waals surface area contributed by atoms with E-state index in [1.54, 1.807) is 24.3 Å². The predicted octanol–water partition coefficient (Wildman–Crippen LogP) is 9.81. The van der Waals surface area contributed by atoms with E-state index in [2.05, 4.69) is 13.8 Å². The zero-order chi connectivity index (χ0) is 28.5. The van der Waals surface area contributed by atoms with Gasteiger partial charge in [-0.1, -0.05) is 96.3 Å². The van der Waals surface area contributed by atoms with Crippen LogP contribution < -0.4 is 19.4 Å². The van der Waals surface area contributed by atoms with Crippen LogP contribution in [0.2, 0.25) is 0 Å². The highest BCUT2D eigenvalue weighted by atomic mass is 31.2. The summed E-state index contributed by atoms with van der Waals surface area (Å²) < 4.78 is 27.4. The Balaban J connectivity index is 1.67. The SMILES string of the molecule is CCCCCCCCOc1ccc(N(c2ccc(OCCCCCCCC)cc2)P(=O)(O)c2ccccc2)cc1. The zero-order valence-corrected chi connectivity index (χ0v) is 25.4. The third-order valence-electron chi connectivity index (χ3n) is 7.06. The second kappa shape index (κ2) is 17.8. The lowest BCUT2D eigenvalue weighted by Crippen LogP contribution is -2.21. The van der Waals surface area contributed by atoms with Gasteiger partial charge in [0.05, 0.1) is 29.9 Å². The second-order valence-corrected chi connectivity index (χ2v) is 12.4. The first-order valence-electron chi connectivity index (χ1n) is 15.2. The summed E-state index contributed by atoms with van der Waals surface area (Å²) in [5.74, 6) is 1.53. The summed E-state index contributed by atoms with van der Waals surface area (Å²) >= 11 is 0. The fourth-order valence-corrected chi connectivity index (χ4v) is 6.40. The molecule has 3 rings (SSSR count). The summed E-state index contributed by atoms with van der Waals surface area (Å²) in [5, 5.41) is 0.377. The standard InChI is InChI=1S/C34H48NO4P/c1-3-5-7-9-11-16-28-38-32-24-20-30(21-25-32)35(40(36,37)34-18-14-13-15-19-34)31-22-26-33(27-23-31)39-29-17-12-10-8-6-4-2/h13-15,18-27H,3-12,16-17,28-29H2,1-2H3,(H,36,37). The minimum absolute atomic E-state index is 0.377. The van der Waals surface area contributed by atoms with Gasteiger partial charge >= 0.3 is 7.52 Å². The maximum absolute atomic E-state index is 13.9. The van der Waals surface area contributed by atoms with Crippen LogP contribution in [-0.4, -0.2) is 18.1 Å². The monoisotopic (exact) mass is 565 g/mol. The third kappa shape index (κ3) is 10.3. The zero-order valence-electron chi connectivity index (χ0n) is 24.5. The molecule has 1 N–H and O–H groups in total. The number of benzene rings is 3. The number of unbranched alkanes of at least 4 members (excludes halogenated alkanes) is 10. The van der Waals surface area contributed by atoms with E-state index in [-0.39, 0.29) is 0 Å². The first-order chi connectivity index (χ1) is 19.6. The van der Waals surface area contributed by atoms with Gasteiger partial charge in [0.1, 0.15) is 11.5 Å². The largest absolute Gasteiger partial charge is 0.494 e. The molecule has 0 aromatic heterocycles. The highest BCUT2D eigenvalue weighted by molar-refractivity contribution is 7.68. The Bertz CT molecular complexity index is 1060. The van der Waals surface area contributed by atoms with E-state index in [1.807, 2.05) is 54.6 Å². The molecule has 218 valence electrons. The summed E-state index contributed by atoms with van der Waals surface area (Å²) in [4.78, 5) is 11.4. The van der Waals surface area contributed by atoms with E-state index < -0.39 is 7.52 Å². The summed E-state index contributed by atoms with van der Waals surface area (Å²) in [6.07, 6.45) is 14.6. The van der Waals surface area contributed by atoms with Crippen molar-refractivity contribution >= 4 is 24.2 Å². The van der Waals surface area contributed by atoms with Crippen molar-refractivity contribution in [1.29, 1.82) is 0 Å². The lowest BCUT2D eigenvalue weighted by molar-refractivity contribution is 0.304. The quantitative estimate of drug-likeness (QED) is 0.109. The molecular formula is C34H48NO4P. The van der Waals surface area contributed by atoms with Crippen molar-refractivity contribution in [2.45, 2.75) is 90.9 Å². The smallest absolute Gasteiger partial charge is 0.328 e. The Morgan fingerprint density at radius 3 is 1.40 bits per heavy atom. The van der Waals surface area contributed by atoms with Gasteiger partial charge in [-0.05, 0) is 73.5 Å². The van der Waals surface area contributed by atoms with E-state index in [1.165, 1.54) is 68.9 Å². The molecule has 0 heterocycles. The van der Waals surface area contributed by atoms with Gasteiger partial charge in [0.2, 0.25) is 0 Å². The topological polar surface area (TPSA) is 59.0 Å². The molecule has 0 amide bonds. The molecule has 0 saturated carbocycles.